The minimum atomic E-state index is -3.39. The molecule has 0 aliphatic rings. The normalized spacial score (nSPS) is 13.0. The summed E-state index contributed by atoms with van der Waals surface area (Å²) in [6.07, 6.45) is 0. The van der Waals surface area contributed by atoms with Crippen LogP contribution in [0, 0.1) is 0 Å². The molecule has 0 radical (unpaired) electrons. The van der Waals surface area contributed by atoms with Crippen LogP contribution in [-0.4, -0.2) is 20.8 Å². The lowest BCUT2D eigenvalue weighted by atomic mass is 10.3. The maximum absolute atomic E-state index is 12.0. The maximum atomic E-state index is 12.0. The van der Waals surface area contributed by atoms with Crippen molar-refractivity contribution in [2.75, 3.05) is 18.1 Å². The van der Waals surface area contributed by atoms with Crippen molar-refractivity contribution in [3.63, 3.8) is 0 Å². The Morgan fingerprint density at radius 1 is 1.33 bits per heavy atom. The molecule has 1 unspecified atom stereocenters. The van der Waals surface area contributed by atoms with Gasteiger partial charge in [-0.3, -0.25) is 0 Å². The number of benzene rings is 1. The first-order chi connectivity index (χ1) is 9.96. The fourth-order valence-corrected chi connectivity index (χ4v) is 3.69. The Balaban J connectivity index is 1.84. The first-order valence-electron chi connectivity index (χ1n) is 6.48. The predicted octanol–water partition coefficient (Wildman–Crippen LogP) is 2.39. The molecular formula is C14H18N2O3S2. The lowest BCUT2D eigenvalue weighted by Crippen LogP contribution is -2.31. The number of sulfonamides is 1. The highest BCUT2D eigenvalue weighted by Gasteiger charge is 2.16. The second-order valence-corrected chi connectivity index (χ2v) is 7.45. The van der Waals surface area contributed by atoms with E-state index in [2.05, 4.69) is 4.72 Å². The topological polar surface area (TPSA) is 81.4 Å². The highest BCUT2D eigenvalue weighted by atomic mass is 32.2. The van der Waals surface area contributed by atoms with Gasteiger partial charge in [-0.25, -0.2) is 13.1 Å². The molecule has 0 aliphatic heterocycles. The number of anilines is 1. The van der Waals surface area contributed by atoms with Gasteiger partial charge in [0.1, 0.15) is 12.4 Å². The Hall–Kier alpha value is -1.57. The van der Waals surface area contributed by atoms with E-state index in [0.717, 1.165) is 4.88 Å². The van der Waals surface area contributed by atoms with Gasteiger partial charge in [0.2, 0.25) is 10.0 Å². The van der Waals surface area contributed by atoms with Crippen molar-refractivity contribution >= 4 is 27.0 Å². The molecule has 5 nitrogen and oxygen atoms in total. The third kappa shape index (κ3) is 5.04. The zero-order valence-electron chi connectivity index (χ0n) is 11.7. The van der Waals surface area contributed by atoms with Crippen molar-refractivity contribution in [1.29, 1.82) is 0 Å². The average Bonchev–Trinajstić information content (AvgIpc) is 2.92. The van der Waals surface area contributed by atoms with Crippen LogP contribution in [0.4, 0.5) is 5.69 Å². The summed E-state index contributed by atoms with van der Waals surface area (Å²) < 4.78 is 32.0. The van der Waals surface area contributed by atoms with Crippen LogP contribution in [0.5, 0.6) is 5.75 Å². The summed E-state index contributed by atoms with van der Waals surface area (Å²) in [5.41, 5.74) is 6.21. The summed E-state index contributed by atoms with van der Waals surface area (Å²) >= 11 is 1.52. The third-order valence-corrected chi connectivity index (χ3v) is 5.28. The smallest absolute Gasteiger partial charge is 0.215 e. The highest BCUT2D eigenvalue weighted by Crippen LogP contribution is 2.19. The van der Waals surface area contributed by atoms with Crippen LogP contribution in [0.2, 0.25) is 0 Å². The molecule has 2 aromatic rings. The van der Waals surface area contributed by atoms with E-state index in [4.69, 9.17) is 10.5 Å². The maximum Gasteiger partial charge on any atom is 0.215 e. The molecule has 0 saturated heterocycles. The summed E-state index contributed by atoms with van der Waals surface area (Å²) in [6.45, 7) is 1.90. The van der Waals surface area contributed by atoms with E-state index in [9.17, 15) is 8.42 Å². The molecule has 0 bridgehead atoms. The lowest BCUT2D eigenvalue weighted by Gasteiger charge is -2.13. The fraction of sp³-hybridized carbons (Fsp3) is 0.286. The molecular weight excluding hydrogens is 308 g/mol. The number of ether oxygens (including phenoxy) is 1. The first-order valence-corrected chi connectivity index (χ1v) is 9.01. The number of nitrogens with two attached hydrogens (primary N) is 1. The SMILES string of the molecule is CC(NS(=O)(=O)CCOc1cccc(N)c1)c1cccs1. The van der Waals surface area contributed by atoms with Crippen LogP contribution in [0.25, 0.3) is 0 Å². The monoisotopic (exact) mass is 326 g/mol. The van der Waals surface area contributed by atoms with Crippen molar-refractivity contribution in [1.82, 2.24) is 4.72 Å². The van der Waals surface area contributed by atoms with E-state index < -0.39 is 10.0 Å². The Labute approximate surface area is 128 Å². The second-order valence-electron chi connectivity index (χ2n) is 4.59. The lowest BCUT2D eigenvalue weighted by molar-refractivity contribution is 0.340. The number of hydrogen-bond donors (Lipinski definition) is 2. The molecule has 0 aliphatic carbocycles. The van der Waals surface area contributed by atoms with Gasteiger partial charge in [-0.1, -0.05) is 12.1 Å². The standard InChI is InChI=1S/C14H18N2O3S2/c1-11(14-6-3-8-20-14)16-21(17,18)9-7-19-13-5-2-4-12(15)10-13/h2-6,8,10-11,16H,7,9,15H2,1H3. The number of thiophene rings is 1. The summed E-state index contributed by atoms with van der Waals surface area (Å²) in [7, 11) is -3.39. The van der Waals surface area contributed by atoms with Crippen LogP contribution in [0.15, 0.2) is 41.8 Å². The molecule has 7 heteroatoms. The van der Waals surface area contributed by atoms with E-state index in [1.165, 1.54) is 11.3 Å². The zero-order valence-corrected chi connectivity index (χ0v) is 13.3. The van der Waals surface area contributed by atoms with Gasteiger partial charge in [-0.2, -0.15) is 0 Å². The average molecular weight is 326 g/mol. The molecule has 1 aromatic carbocycles. The number of nitrogens with one attached hydrogen (secondary N) is 1. The minimum absolute atomic E-state index is 0.0793. The first kappa shape index (κ1) is 15.8. The van der Waals surface area contributed by atoms with Crippen LogP contribution in [-0.2, 0) is 10.0 Å². The summed E-state index contributed by atoms with van der Waals surface area (Å²) in [5.74, 6) is 0.467. The zero-order chi connectivity index (χ0) is 15.3. The number of hydrogen-bond acceptors (Lipinski definition) is 5. The van der Waals surface area contributed by atoms with E-state index in [-0.39, 0.29) is 18.4 Å². The van der Waals surface area contributed by atoms with Crippen LogP contribution < -0.4 is 15.2 Å². The summed E-state index contributed by atoms with van der Waals surface area (Å²) in [6, 6.07) is 10.5. The quantitative estimate of drug-likeness (QED) is 0.766. The molecule has 1 heterocycles. The van der Waals surface area contributed by atoms with Crippen molar-refractivity contribution in [2.24, 2.45) is 0 Å². The molecule has 0 fully saturated rings. The highest BCUT2D eigenvalue weighted by molar-refractivity contribution is 7.89. The van der Waals surface area contributed by atoms with Gasteiger partial charge in [0.25, 0.3) is 0 Å². The van der Waals surface area contributed by atoms with Gasteiger partial charge in [0.05, 0.1) is 11.8 Å². The van der Waals surface area contributed by atoms with Crippen LogP contribution in [0.3, 0.4) is 0 Å². The Morgan fingerprint density at radius 2 is 2.14 bits per heavy atom. The molecule has 0 spiro atoms. The van der Waals surface area contributed by atoms with Gasteiger partial charge in [-0.05, 0) is 30.5 Å². The van der Waals surface area contributed by atoms with E-state index in [1.54, 1.807) is 24.3 Å². The van der Waals surface area contributed by atoms with Crippen LogP contribution in [0.1, 0.15) is 17.8 Å². The Kier molecular flexibility index (Phi) is 5.22. The Bertz CT molecular complexity index is 669. The van der Waals surface area contributed by atoms with E-state index >= 15 is 0 Å². The predicted molar refractivity (Wildman–Crippen MR) is 86.0 cm³/mol. The second kappa shape index (κ2) is 6.93. The van der Waals surface area contributed by atoms with Gasteiger partial charge in [0.15, 0.2) is 0 Å². The Morgan fingerprint density at radius 3 is 2.81 bits per heavy atom. The van der Waals surface area contributed by atoms with Crippen molar-refractivity contribution in [2.45, 2.75) is 13.0 Å². The third-order valence-electron chi connectivity index (χ3n) is 2.81. The molecule has 114 valence electrons. The molecule has 2 rings (SSSR count). The molecule has 0 saturated carbocycles. The number of nitrogen functional groups attached to an aromatic ring is 1. The van der Waals surface area contributed by atoms with Gasteiger partial charge >= 0.3 is 0 Å². The van der Waals surface area contributed by atoms with E-state index in [0.29, 0.717) is 11.4 Å². The summed E-state index contributed by atoms with van der Waals surface area (Å²) in [5, 5.41) is 1.92. The van der Waals surface area contributed by atoms with Crippen molar-refractivity contribution < 1.29 is 13.2 Å². The van der Waals surface area contributed by atoms with Gasteiger partial charge < -0.3 is 10.5 Å². The molecule has 0 amide bonds. The molecule has 21 heavy (non-hydrogen) atoms. The summed E-state index contributed by atoms with van der Waals surface area (Å²) in [4.78, 5) is 0.982. The molecule has 1 atom stereocenters. The van der Waals surface area contributed by atoms with Crippen molar-refractivity contribution in [3.05, 3.63) is 46.7 Å². The van der Waals surface area contributed by atoms with Gasteiger partial charge in [-0.15, -0.1) is 11.3 Å². The molecule has 1 aromatic heterocycles. The largest absolute Gasteiger partial charge is 0.492 e. The molecule has 3 N–H and O–H groups in total. The minimum Gasteiger partial charge on any atom is -0.492 e. The van der Waals surface area contributed by atoms with Gasteiger partial charge in [0, 0.05) is 16.6 Å². The van der Waals surface area contributed by atoms with Crippen molar-refractivity contribution in [3.8, 4) is 5.75 Å². The van der Waals surface area contributed by atoms with Crippen LogP contribution >= 0.6 is 11.3 Å². The number of rotatable bonds is 7. The fourth-order valence-electron chi connectivity index (χ4n) is 1.80. The van der Waals surface area contributed by atoms with E-state index in [1.807, 2.05) is 24.4 Å².